The van der Waals surface area contributed by atoms with E-state index in [0.29, 0.717) is 0 Å². The van der Waals surface area contributed by atoms with Crippen LogP contribution in [0.15, 0.2) is 0 Å². The van der Waals surface area contributed by atoms with Crippen molar-refractivity contribution in [2.24, 2.45) is 0 Å². The molecule has 0 saturated heterocycles. The van der Waals surface area contributed by atoms with Gasteiger partial charge in [0.05, 0.1) is 0 Å². The minimum absolute atomic E-state index is 0. The second-order valence-corrected chi connectivity index (χ2v) is 1100. The minimum atomic E-state index is -27.1. The third-order valence-electron chi connectivity index (χ3n) is 8.98. The fourth-order valence-corrected chi connectivity index (χ4v) is 1520. The van der Waals surface area contributed by atoms with Crippen LogP contribution in [0.1, 0.15) is 0 Å². The zero-order valence-electron chi connectivity index (χ0n) is 42.4. The molecule has 0 heterocycles. The SMILES string of the molecule is O.O.O.[K+].[K+].[K+].[K+].[K+].[K+].[K+].[K+].[K+].[K+].[K+].[K+].[K+].[K+].[K+].[K+].[K+].[K+].[K+].[K+].[K+].[O]=[W](=[O])([O-])[Co-9]([W](=[O])(=[O])[O-])([W](=[O])(=[O])[O-])([W](=[O])(=[O])[O-])([W](=[O])(=[O])[O-])([W](=[O])(=[O])[O-])([W](=[O])(=[O])[O-])([W](=[O])(=[O])[O-])([W](=[O])(=[O])[O-])([W](=[O])(=[O])[O-])([W](=[O])(=[O])[O-])[W](=[O])(=[O])[O-]. The van der Waals surface area contributed by atoms with Crippen molar-refractivity contribution in [3.63, 3.8) is 0 Å². The fourth-order valence-electron chi connectivity index (χ4n) is 5.50. The van der Waals surface area contributed by atoms with Crippen molar-refractivity contribution in [3.8, 4) is 0 Å². The maximum atomic E-state index is 13.9. The molecule has 342 valence electrons. The first-order valence-corrected chi connectivity index (χ1v) is 104. The van der Waals surface area contributed by atoms with E-state index in [0.717, 1.165) is 0 Å². The van der Waals surface area contributed by atoms with Gasteiger partial charge >= 0.3 is 1350 Å². The van der Waals surface area contributed by atoms with E-state index in [-0.39, 0.29) is 1100 Å². The summed E-state index contributed by atoms with van der Waals surface area (Å²) < 4.78 is 474. The maximum absolute atomic E-state index is 27.1. The Bertz CT molecular complexity index is 2660. The molecule has 0 aliphatic rings. The summed E-state index contributed by atoms with van der Waals surface area (Å²) >= 11 is -217. The van der Waals surface area contributed by atoms with Crippen LogP contribution in [0, 0.1) is 0 Å². The van der Waals surface area contributed by atoms with Crippen LogP contribution in [0.3, 0.4) is 0 Å². The Labute approximate surface area is 1310 Å². The molecule has 6 N–H and O–H groups in total. The Kier molecular flexibility index (Phi) is 104. The van der Waals surface area contributed by atoms with E-state index >= 15 is 0 Å². The molecule has 39 nitrogen and oxygen atoms in total. The molecule has 73 heavy (non-hydrogen) atoms. The van der Waals surface area contributed by atoms with Crippen LogP contribution in [0.5, 0.6) is 0 Å². The van der Waals surface area contributed by atoms with Crippen molar-refractivity contribution in [1.29, 1.82) is 0 Å². The molecule has 0 aromatic rings. The summed E-state index contributed by atoms with van der Waals surface area (Å²) in [5.74, 6) is 0. The molecule has 0 amide bonds. The molecule has 0 aliphatic heterocycles. The predicted octanol–water partition coefficient (Wildman–Crippen LogP) is -82.5. The first-order valence-electron chi connectivity index (χ1n) is 7.63. The van der Waals surface area contributed by atoms with E-state index in [2.05, 4.69) is 0 Å². The van der Waals surface area contributed by atoms with Crippen molar-refractivity contribution in [2.75, 3.05) is 0 Å². The van der Waals surface area contributed by atoms with Gasteiger partial charge in [-0.25, -0.2) is 0 Å². The van der Waals surface area contributed by atoms with Gasteiger partial charge in [-0.1, -0.05) is 0 Å². The van der Waals surface area contributed by atoms with Crippen LogP contribution in [0.25, 0.3) is 0 Å². The quantitative estimate of drug-likeness (QED) is 0.164. The van der Waals surface area contributed by atoms with E-state index in [1.807, 2.05) is 0 Å². The molecule has 73 heteroatoms. The molecule has 0 unspecified atom stereocenters. The Balaban J connectivity index is -0.0000000417. The van der Waals surface area contributed by atoms with Crippen LogP contribution in [-0.4, -0.2) is 16.4 Å². The van der Waals surface area contributed by atoms with Crippen LogP contribution in [0.2, 0.25) is 0 Å². The first kappa shape index (κ1) is 181. The predicted molar refractivity (Wildman–Crippen MR) is 27.3 cm³/mol. The van der Waals surface area contributed by atoms with Crippen molar-refractivity contribution < 1.29 is 1370 Å². The summed E-state index contributed by atoms with van der Waals surface area (Å²) in [6.45, 7) is 0. The van der Waals surface area contributed by atoms with Crippen molar-refractivity contribution in [3.05, 3.63) is 0 Å². The summed E-state index contributed by atoms with van der Waals surface area (Å²) in [4.78, 5) is 0. The van der Waals surface area contributed by atoms with Gasteiger partial charge in [0.2, 0.25) is 0 Å². The molecule has 0 aromatic heterocycles. The van der Waals surface area contributed by atoms with E-state index < -0.39 is 145 Å². The monoisotopic (exact) mass is 3710 g/mol. The first-order chi connectivity index (χ1) is 19.7. The topological polar surface area (TPSA) is 781 Å². The summed E-state index contributed by atoms with van der Waals surface area (Å²) in [5, 5.41) is 0. The molecule has 0 atom stereocenters. The van der Waals surface area contributed by atoms with Gasteiger partial charge in [-0.05, 0) is 0 Å². The molecule has 0 fully saturated rings. The van der Waals surface area contributed by atoms with E-state index in [1.54, 1.807) is 0 Å². The fraction of sp³-hybridized carbons (Fsp3) is 0. The van der Waals surface area contributed by atoms with Crippen LogP contribution < -0.4 is 1120 Å². The Morgan fingerprint density at radius 1 is 0.137 bits per heavy atom. The third kappa shape index (κ3) is 6.77. The Morgan fingerprint density at radius 2 is 0.164 bits per heavy atom. The molecule has 0 bridgehead atoms. The van der Waals surface area contributed by atoms with Gasteiger partial charge in [-0.3, -0.25) is 0 Å². The number of hydrogen-bond acceptors (Lipinski definition) is 36. The molecule has 0 radical (unpaired) electrons. The molecular weight excluding hydrogens is 3710 g/mol. The second-order valence-electron chi connectivity index (χ2n) is 8.12. The third-order valence-corrected chi connectivity index (χ3v) is 2480. The van der Waals surface area contributed by atoms with Gasteiger partial charge < -0.3 is 16.4 Å². The van der Waals surface area contributed by atoms with E-state index in [4.69, 9.17) is 0 Å². The normalized spacial score (nSPS) is 16.9. The standard InChI is InChI=1S/Co.21K.3H2O.36O.12W/h;;;;;;;;;;;;;;;;;;;;;;3*1H2;;;;;;;;;;;;;;;;;;;;;;;;;;;;;;;;;;;;;;;;;;;;;;;;/q-9;21*+1;;;;;;;;;;;;;;;;;;;;;;;;;;;;12*-1;;;;;;;;;;;;. The average Bonchev–Trinajstić information content (AvgIpc) is 2.57. The molecule has 0 aliphatic carbocycles. The summed E-state index contributed by atoms with van der Waals surface area (Å²) in [5.41, 5.74) is 0. The Morgan fingerprint density at radius 3 is 0.164 bits per heavy atom. The van der Waals surface area contributed by atoms with Gasteiger partial charge in [0.15, 0.2) is 0 Å². The van der Waals surface area contributed by atoms with Crippen molar-refractivity contribution in [2.45, 2.75) is 0 Å². The number of rotatable bonds is 12. The van der Waals surface area contributed by atoms with Crippen molar-refractivity contribution >= 4 is 0 Å². The summed E-state index contributed by atoms with van der Waals surface area (Å²) in [6, 6.07) is 0. The van der Waals surface area contributed by atoms with E-state index in [9.17, 15) is 127 Å². The van der Waals surface area contributed by atoms with Crippen molar-refractivity contribution in [1.82, 2.24) is 0 Å². The zero-order valence-corrected chi connectivity index (χ0v) is 144. The molecule has 0 rings (SSSR count). The Hall–Kier alpha value is 37.7. The van der Waals surface area contributed by atoms with Gasteiger partial charge in [-0.15, -0.1) is 0 Å². The molecule has 0 spiro atoms. The summed E-state index contributed by atoms with van der Waals surface area (Å²) in [7, 11) is 0. The molecule has 0 saturated carbocycles. The van der Waals surface area contributed by atoms with Gasteiger partial charge in [-0.2, -0.15) is 0 Å². The van der Waals surface area contributed by atoms with E-state index in [1.165, 1.54) is 0 Å². The van der Waals surface area contributed by atoms with Gasteiger partial charge in [0.25, 0.3) is 0 Å². The number of hydrogen-bond donors (Lipinski definition) is 0. The molecular formula is H6CoK21O39W12. The summed E-state index contributed by atoms with van der Waals surface area (Å²) in [6.07, 6.45) is 0. The zero-order chi connectivity index (χ0) is 42.3. The molecule has 0 aromatic carbocycles. The van der Waals surface area contributed by atoms with Crippen LogP contribution in [-0.2, 0) is 227 Å². The van der Waals surface area contributed by atoms with Crippen LogP contribution in [0.4, 0.5) is 0 Å². The van der Waals surface area contributed by atoms with Gasteiger partial charge in [0.1, 0.15) is 0 Å². The van der Waals surface area contributed by atoms with Crippen LogP contribution >= 0.6 is 0 Å². The van der Waals surface area contributed by atoms with Gasteiger partial charge in [0, 0.05) is 0 Å². The second kappa shape index (κ2) is 42.0. The average molecular weight is 3720 g/mol.